The van der Waals surface area contributed by atoms with Crippen LogP contribution in [0.4, 0.5) is 5.82 Å². The van der Waals surface area contributed by atoms with Gasteiger partial charge >= 0.3 is 5.97 Å². The molecule has 0 aliphatic heterocycles. The van der Waals surface area contributed by atoms with Gasteiger partial charge in [0.15, 0.2) is 6.61 Å². The van der Waals surface area contributed by atoms with Crippen LogP contribution in [0.25, 0.3) is 11.0 Å². The molecule has 0 aliphatic carbocycles. The second-order valence-electron chi connectivity index (χ2n) is 7.39. The lowest BCUT2D eigenvalue weighted by molar-refractivity contribution is -0.119. The van der Waals surface area contributed by atoms with E-state index in [1.165, 1.54) is 0 Å². The van der Waals surface area contributed by atoms with Crippen molar-refractivity contribution in [1.29, 1.82) is 5.26 Å². The van der Waals surface area contributed by atoms with Crippen molar-refractivity contribution in [3.63, 3.8) is 0 Å². The summed E-state index contributed by atoms with van der Waals surface area (Å²) in [6.45, 7) is 5.25. The van der Waals surface area contributed by atoms with E-state index in [1.807, 2.05) is 38.1 Å². The molecule has 0 unspecified atom stereocenters. The van der Waals surface area contributed by atoms with Gasteiger partial charge in [-0.15, -0.1) is 0 Å². The molecule has 162 valence electrons. The number of ether oxygens (including phenoxy) is 1. The molecule has 8 heteroatoms. The Labute approximate surface area is 184 Å². The van der Waals surface area contributed by atoms with Crippen molar-refractivity contribution in [2.24, 2.45) is 0 Å². The second-order valence-corrected chi connectivity index (χ2v) is 7.39. The molecule has 32 heavy (non-hydrogen) atoms. The van der Waals surface area contributed by atoms with Crippen molar-refractivity contribution >= 4 is 28.7 Å². The van der Waals surface area contributed by atoms with Crippen LogP contribution in [0.3, 0.4) is 0 Å². The summed E-state index contributed by atoms with van der Waals surface area (Å²) in [7, 11) is 0. The van der Waals surface area contributed by atoms with Crippen LogP contribution in [-0.4, -0.2) is 23.1 Å². The molecule has 0 spiro atoms. The summed E-state index contributed by atoms with van der Waals surface area (Å²) < 4.78 is 17.9. The average Bonchev–Trinajstić information content (AvgIpc) is 3.48. The molecule has 1 N–H and O–H groups in total. The van der Waals surface area contributed by atoms with Gasteiger partial charge in [-0.2, -0.15) is 5.26 Å². The first-order valence-electron chi connectivity index (χ1n) is 9.98. The highest BCUT2D eigenvalue weighted by molar-refractivity contribution is 5.98. The lowest BCUT2D eigenvalue weighted by Gasteiger charge is -2.12. The fourth-order valence-corrected chi connectivity index (χ4v) is 3.62. The van der Waals surface area contributed by atoms with Crippen molar-refractivity contribution in [2.45, 2.75) is 27.3 Å². The number of hydrogen-bond donors (Lipinski definition) is 1. The number of nitrogens with one attached hydrogen (secondary N) is 1. The third-order valence-corrected chi connectivity index (χ3v) is 5.46. The van der Waals surface area contributed by atoms with Crippen molar-refractivity contribution < 1.29 is 23.2 Å². The molecule has 3 aromatic heterocycles. The minimum atomic E-state index is -0.729. The topological polar surface area (TPSA) is 110 Å². The Bertz CT molecular complexity index is 1350. The van der Waals surface area contributed by atoms with E-state index in [2.05, 4.69) is 11.4 Å². The first kappa shape index (κ1) is 21.0. The Hall–Kier alpha value is -4.25. The molecule has 0 bridgehead atoms. The van der Waals surface area contributed by atoms with Gasteiger partial charge in [0.2, 0.25) is 5.76 Å². The van der Waals surface area contributed by atoms with Crippen molar-refractivity contribution in [1.82, 2.24) is 4.57 Å². The van der Waals surface area contributed by atoms with Gasteiger partial charge in [-0.05, 0) is 44.5 Å². The zero-order valence-corrected chi connectivity index (χ0v) is 17.9. The molecule has 0 aliphatic rings. The number of esters is 1. The summed E-state index contributed by atoms with van der Waals surface area (Å²) in [5, 5.41) is 13.1. The molecule has 0 saturated carbocycles. The fourth-order valence-electron chi connectivity index (χ4n) is 3.62. The molecule has 1 aromatic carbocycles. The second kappa shape index (κ2) is 8.47. The number of carbonyl (C=O) groups is 2. The van der Waals surface area contributed by atoms with Crippen LogP contribution in [0, 0.1) is 32.1 Å². The van der Waals surface area contributed by atoms with E-state index in [-0.39, 0.29) is 5.76 Å². The minimum absolute atomic E-state index is 0.0598. The molecular formula is C24H21N3O5. The van der Waals surface area contributed by atoms with Gasteiger partial charge < -0.3 is 23.5 Å². The van der Waals surface area contributed by atoms with Gasteiger partial charge in [-0.3, -0.25) is 4.79 Å². The van der Waals surface area contributed by atoms with E-state index < -0.39 is 18.5 Å². The van der Waals surface area contributed by atoms with Crippen LogP contribution >= 0.6 is 0 Å². The monoisotopic (exact) mass is 431 g/mol. The van der Waals surface area contributed by atoms with Gasteiger partial charge in [0.05, 0.1) is 18.4 Å². The molecule has 8 nitrogen and oxygen atoms in total. The van der Waals surface area contributed by atoms with E-state index in [9.17, 15) is 14.9 Å². The van der Waals surface area contributed by atoms with E-state index in [0.29, 0.717) is 34.8 Å². The predicted molar refractivity (Wildman–Crippen MR) is 116 cm³/mol. The highest BCUT2D eigenvalue weighted by atomic mass is 16.5. The molecule has 1 amide bonds. The first-order chi connectivity index (χ1) is 15.4. The lowest BCUT2D eigenvalue weighted by atomic mass is 10.1. The highest BCUT2D eigenvalue weighted by Crippen LogP contribution is 2.28. The zero-order chi connectivity index (χ0) is 22.8. The van der Waals surface area contributed by atoms with Gasteiger partial charge in [-0.25, -0.2) is 4.79 Å². The Kier molecular flexibility index (Phi) is 5.56. The third kappa shape index (κ3) is 3.76. The highest BCUT2D eigenvalue weighted by Gasteiger charge is 2.23. The maximum Gasteiger partial charge on any atom is 0.375 e. The van der Waals surface area contributed by atoms with E-state index >= 15 is 0 Å². The number of rotatable bonds is 6. The largest absolute Gasteiger partial charge is 0.467 e. The summed E-state index contributed by atoms with van der Waals surface area (Å²) in [5.74, 6) is -0.228. The maximum atomic E-state index is 12.6. The number of nitrogens with zero attached hydrogens (tertiary/aromatic N) is 2. The summed E-state index contributed by atoms with van der Waals surface area (Å²) in [6, 6.07) is 13.0. The van der Waals surface area contributed by atoms with Crippen LogP contribution in [0.5, 0.6) is 0 Å². The van der Waals surface area contributed by atoms with Gasteiger partial charge in [0.25, 0.3) is 5.91 Å². The molecule has 4 rings (SSSR count). The number of para-hydroxylation sites is 1. The average molecular weight is 431 g/mol. The molecule has 0 saturated heterocycles. The number of amides is 1. The number of aromatic nitrogens is 1. The molecule has 4 aromatic rings. The number of hydrogen-bond acceptors (Lipinski definition) is 6. The Morgan fingerprint density at radius 2 is 1.91 bits per heavy atom. The van der Waals surface area contributed by atoms with E-state index in [1.54, 1.807) is 29.9 Å². The number of benzene rings is 1. The normalized spacial score (nSPS) is 10.8. The molecule has 0 radical (unpaired) electrons. The number of anilines is 1. The fraction of sp³-hybridized carbons (Fsp3) is 0.208. The van der Waals surface area contributed by atoms with Crippen LogP contribution in [-0.2, 0) is 16.1 Å². The minimum Gasteiger partial charge on any atom is -0.467 e. The summed E-state index contributed by atoms with van der Waals surface area (Å²) in [6.07, 6.45) is 1.56. The lowest BCUT2D eigenvalue weighted by Crippen LogP contribution is -2.23. The molecule has 3 heterocycles. The van der Waals surface area contributed by atoms with Crippen LogP contribution in [0.2, 0.25) is 0 Å². The van der Waals surface area contributed by atoms with Crippen molar-refractivity contribution in [3.05, 3.63) is 76.6 Å². The molecular weight excluding hydrogens is 410 g/mol. The smallest absolute Gasteiger partial charge is 0.375 e. The van der Waals surface area contributed by atoms with Crippen LogP contribution in [0.1, 0.15) is 38.7 Å². The Morgan fingerprint density at radius 3 is 2.59 bits per heavy atom. The quantitative estimate of drug-likeness (QED) is 0.451. The van der Waals surface area contributed by atoms with Crippen molar-refractivity contribution in [2.75, 3.05) is 11.9 Å². The Balaban J connectivity index is 1.50. The van der Waals surface area contributed by atoms with Gasteiger partial charge in [0, 0.05) is 16.6 Å². The summed E-state index contributed by atoms with van der Waals surface area (Å²) in [4.78, 5) is 25.1. The number of aryl methyl sites for hydroxylation is 1. The van der Waals surface area contributed by atoms with Gasteiger partial charge in [0.1, 0.15) is 23.2 Å². The van der Waals surface area contributed by atoms with E-state index in [4.69, 9.17) is 13.6 Å². The van der Waals surface area contributed by atoms with Crippen LogP contribution < -0.4 is 5.32 Å². The van der Waals surface area contributed by atoms with Crippen LogP contribution in [0.15, 0.2) is 51.5 Å². The number of nitriles is 1. The standard InChI is InChI=1S/C24H21N3O5/c1-14-16(3)27(12-17-7-6-10-30-17)23(19(14)11-25)26-21(28)13-31-24(29)22-15(2)18-8-4-5-9-20(18)32-22/h4-10H,12-13H2,1-3H3,(H,26,28). The van der Waals surface area contributed by atoms with Crippen molar-refractivity contribution in [3.8, 4) is 6.07 Å². The molecule has 0 fully saturated rings. The zero-order valence-electron chi connectivity index (χ0n) is 17.9. The molecule has 0 atom stereocenters. The SMILES string of the molecule is Cc1c(C#N)c(NC(=O)COC(=O)c2oc3ccccc3c2C)n(Cc2ccco2)c1C. The van der Waals surface area contributed by atoms with E-state index in [0.717, 1.165) is 16.6 Å². The van der Waals surface area contributed by atoms with Gasteiger partial charge in [-0.1, -0.05) is 18.2 Å². The predicted octanol–water partition coefficient (Wildman–Crippen LogP) is 4.47. The number of furan rings is 2. The number of carbonyl (C=O) groups excluding carboxylic acids is 2. The third-order valence-electron chi connectivity index (χ3n) is 5.46. The Morgan fingerprint density at radius 1 is 1.12 bits per heavy atom. The summed E-state index contributed by atoms with van der Waals surface area (Å²) >= 11 is 0. The first-order valence-corrected chi connectivity index (χ1v) is 9.98. The summed E-state index contributed by atoms with van der Waals surface area (Å²) in [5.41, 5.74) is 3.15. The maximum absolute atomic E-state index is 12.6. The number of fused-ring (bicyclic) bond motifs is 1.